The third kappa shape index (κ3) is 32.3. The average molecular weight is 1050 g/mol. The van der Waals surface area contributed by atoms with Gasteiger partial charge in [0.25, 0.3) is 0 Å². The second kappa shape index (κ2) is 45.5. The second-order valence-corrected chi connectivity index (χ2v) is 20.4. The van der Waals surface area contributed by atoms with Crippen LogP contribution in [0.15, 0.2) is 48.6 Å². The zero-order valence-electron chi connectivity index (χ0n) is 45.8. The Kier molecular flexibility index (Phi) is 41.5. The number of rotatable bonds is 46. The summed E-state index contributed by atoms with van der Waals surface area (Å²) in [5.74, 6) is -0.934. The van der Waals surface area contributed by atoms with E-state index in [-0.39, 0.29) is 26.1 Å². The van der Waals surface area contributed by atoms with Crippen molar-refractivity contribution in [1.82, 2.24) is 0 Å². The second-order valence-electron chi connectivity index (χ2n) is 20.4. The standard InChI is InChI=1S/C59H104O15/c1-3-5-7-9-11-13-15-17-19-21-22-23-24-26-27-29-31-33-35-37-39-41-50(61)69-44-47(72-51(62)42-40-38-36-34-32-30-28-25-20-18-16-14-12-10-8-6-4-2)45-70-58-57(68)55(66)53(64)49(74-58)46-71-59-56(67)54(65)52(63)48(43-60)73-59/h6,8,12,14,18,20-22,47-49,52-60,63-68H,3-5,7,9-11,13,15-17,19,23-46H2,1-2H3/b8-6-,14-12-,20-18-,22-21-. The van der Waals surface area contributed by atoms with Crippen molar-refractivity contribution in [2.24, 2.45) is 0 Å². The third-order valence-electron chi connectivity index (χ3n) is 13.8. The van der Waals surface area contributed by atoms with Gasteiger partial charge in [-0.15, -0.1) is 0 Å². The van der Waals surface area contributed by atoms with Crippen LogP contribution in [0.2, 0.25) is 0 Å². The fourth-order valence-electron chi connectivity index (χ4n) is 9.05. The van der Waals surface area contributed by atoms with E-state index < -0.39 is 92.7 Å². The van der Waals surface area contributed by atoms with Crippen LogP contribution in [0.3, 0.4) is 0 Å². The van der Waals surface area contributed by atoms with Gasteiger partial charge in [0.2, 0.25) is 0 Å². The lowest BCUT2D eigenvalue weighted by atomic mass is 9.98. The molecule has 0 aliphatic carbocycles. The highest BCUT2D eigenvalue weighted by Crippen LogP contribution is 2.27. The number of ether oxygens (including phenoxy) is 6. The molecule has 0 aromatic heterocycles. The molecule has 430 valence electrons. The summed E-state index contributed by atoms with van der Waals surface area (Å²) in [5, 5.41) is 72.3. The van der Waals surface area contributed by atoms with E-state index in [1.54, 1.807) is 0 Å². The van der Waals surface area contributed by atoms with Crippen molar-refractivity contribution in [2.75, 3.05) is 26.4 Å². The van der Waals surface area contributed by atoms with Crippen LogP contribution in [-0.2, 0) is 38.0 Å². The molecule has 11 unspecified atom stereocenters. The van der Waals surface area contributed by atoms with Gasteiger partial charge in [0, 0.05) is 12.8 Å². The largest absolute Gasteiger partial charge is 0.462 e. The Balaban J connectivity index is 1.75. The molecule has 2 aliphatic rings. The first kappa shape index (κ1) is 67.6. The summed E-state index contributed by atoms with van der Waals surface area (Å²) in [6, 6.07) is 0. The van der Waals surface area contributed by atoms with Gasteiger partial charge in [-0.25, -0.2) is 0 Å². The van der Waals surface area contributed by atoms with Crippen molar-refractivity contribution in [1.29, 1.82) is 0 Å². The van der Waals surface area contributed by atoms with Gasteiger partial charge in [-0.05, 0) is 70.6 Å². The molecule has 74 heavy (non-hydrogen) atoms. The predicted molar refractivity (Wildman–Crippen MR) is 289 cm³/mol. The van der Waals surface area contributed by atoms with E-state index in [0.717, 1.165) is 83.5 Å². The molecule has 2 rings (SSSR count). The van der Waals surface area contributed by atoms with Crippen LogP contribution >= 0.6 is 0 Å². The summed E-state index contributed by atoms with van der Waals surface area (Å²) in [4.78, 5) is 25.9. The zero-order valence-corrected chi connectivity index (χ0v) is 45.8. The van der Waals surface area contributed by atoms with Gasteiger partial charge in [0.05, 0.1) is 19.8 Å². The summed E-state index contributed by atoms with van der Waals surface area (Å²) in [5.41, 5.74) is 0. The Labute approximate surface area is 446 Å². The Morgan fingerprint density at radius 3 is 1.35 bits per heavy atom. The number of esters is 2. The molecule has 2 saturated heterocycles. The Morgan fingerprint density at radius 1 is 0.446 bits per heavy atom. The van der Waals surface area contributed by atoms with E-state index >= 15 is 0 Å². The van der Waals surface area contributed by atoms with Crippen LogP contribution in [0.4, 0.5) is 0 Å². The van der Waals surface area contributed by atoms with Gasteiger partial charge >= 0.3 is 11.9 Å². The maximum atomic E-state index is 13.1. The normalized spacial score (nSPS) is 25.0. The molecule has 0 radical (unpaired) electrons. The van der Waals surface area contributed by atoms with Gasteiger partial charge in [0.1, 0.15) is 55.4 Å². The SMILES string of the molecule is CC/C=C\C/C=C\C/C=C\CCCCCCCCCC(=O)OC(COC(=O)CCCCCCCCCCC/C=C\CCCCCCCCCC)COC1OC(COC2OC(CO)C(O)C(O)C2O)C(O)C(O)C1O. The molecule has 2 heterocycles. The molecule has 11 atom stereocenters. The first-order valence-corrected chi connectivity index (χ1v) is 29.2. The maximum absolute atomic E-state index is 13.1. The highest BCUT2D eigenvalue weighted by molar-refractivity contribution is 5.70. The van der Waals surface area contributed by atoms with E-state index in [1.165, 1.54) is 96.3 Å². The highest BCUT2D eigenvalue weighted by Gasteiger charge is 2.47. The molecular formula is C59H104O15. The minimum atomic E-state index is -1.77. The van der Waals surface area contributed by atoms with Gasteiger partial charge in [-0.1, -0.05) is 184 Å². The lowest BCUT2D eigenvalue weighted by molar-refractivity contribution is -0.332. The molecule has 2 fully saturated rings. The molecule has 0 spiro atoms. The maximum Gasteiger partial charge on any atom is 0.306 e. The first-order valence-electron chi connectivity index (χ1n) is 29.2. The van der Waals surface area contributed by atoms with E-state index in [9.17, 15) is 45.3 Å². The Morgan fingerprint density at radius 2 is 0.851 bits per heavy atom. The predicted octanol–water partition coefficient (Wildman–Crippen LogP) is 9.83. The number of carbonyl (C=O) groups is 2. The van der Waals surface area contributed by atoms with Gasteiger partial charge in [0.15, 0.2) is 18.7 Å². The lowest BCUT2D eigenvalue weighted by Gasteiger charge is -2.42. The van der Waals surface area contributed by atoms with Crippen molar-refractivity contribution in [2.45, 2.75) is 287 Å². The van der Waals surface area contributed by atoms with E-state index in [4.69, 9.17) is 28.4 Å². The van der Waals surface area contributed by atoms with Crippen LogP contribution in [0.5, 0.6) is 0 Å². The number of aliphatic hydroxyl groups excluding tert-OH is 7. The molecule has 2 aliphatic heterocycles. The van der Waals surface area contributed by atoms with Gasteiger partial charge in [-0.3, -0.25) is 9.59 Å². The highest BCUT2D eigenvalue weighted by atomic mass is 16.7. The molecule has 0 aromatic carbocycles. The Bertz CT molecular complexity index is 1470. The fraction of sp³-hybridized carbons (Fsp3) is 0.831. The Hall–Kier alpha value is -2.54. The van der Waals surface area contributed by atoms with E-state index in [0.29, 0.717) is 12.8 Å². The minimum absolute atomic E-state index is 0.153. The summed E-state index contributed by atoms with van der Waals surface area (Å²) in [6.07, 6.45) is 35.6. The molecule has 15 nitrogen and oxygen atoms in total. The fourth-order valence-corrected chi connectivity index (χ4v) is 9.05. The summed E-state index contributed by atoms with van der Waals surface area (Å²) >= 11 is 0. The van der Waals surface area contributed by atoms with Crippen molar-refractivity contribution < 1.29 is 73.8 Å². The first-order chi connectivity index (χ1) is 36.0. The van der Waals surface area contributed by atoms with Crippen LogP contribution in [0, 0.1) is 0 Å². The van der Waals surface area contributed by atoms with Crippen molar-refractivity contribution in [3.05, 3.63) is 48.6 Å². The zero-order chi connectivity index (χ0) is 53.9. The number of carbonyl (C=O) groups excluding carboxylic acids is 2. The molecule has 0 bridgehead atoms. The monoisotopic (exact) mass is 1050 g/mol. The molecule has 15 heteroatoms. The van der Waals surface area contributed by atoms with Crippen molar-refractivity contribution in [3.63, 3.8) is 0 Å². The minimum Gasteiger partial charge on any atom is -0.462 e. The number of unbranched alkanes of at least 4 members (excludes halogenated alkanes) is 24. The smallest absolute Gasteiger partial charge is 0.306 e. The van der Waals surface area contributed by atoms with Crippen LogP contribution in [-0.4, -0.2) is 142 Å². The molecular weight excluding hydrogens is 949 g/mol. The summed E-state index contributed by atoms with van der Waals surface area (Å²) in [7, 11) is 0. The quantitative estimate of drug-likeness (QED) is 0.0171. The van der Waals surface area contributed by atoms with Crippen molar-refractivity contribution in [3.8, 4) is 0 Å². The number of allylic oxidation sites excluding steroid dienone is 8. The summed E-state index contributed by atoms with van der Waals surface area (Å²) in [6.45, 7) is 2.49. The van der Waals surface area contributed by atoms with Crippen LogP contribution < -0.4 is 0 Å². The van der Waals surface area contributed by atoms with Crippen LogP contribution in [0.1, 0.15) is 219 Å². The average Bonchev–Trinajstić information content (AvgIpc) is 3.39. The van der Waals surface area contributed by atoms with Gasteiger partial charge in [-0.2, -0.15) is 0 Å². The number of hydrogen-bond acceptors (Lipinski definition) is 15. The molecule has 7 N–H and O–H groups in total. The topological polar surface area (TPSA) is 231 Å². The lowest BCUT2D eigenvalue weighted by Crippen LogP contribution is -2.61. The summed E-state index contributed by atoms with van der Waals surface area (Å²) < 4.78 is 33.7. The number of aliphatic hydroxyl groups is 7. The van der Waals surface area contributed by atoms with Crippen LogP contribution in [0.25, 0.3) is 0 Å². The van der Waals surface area contributed by atoms with E-state index in [2.05, 4.69) is 62.5 Å². The molecule has 0 amide bonds. The van der Waals surface area contributed by atoms with Crippen molar-refractivity contribution >= 4 is 11.9 Å². The molecule has 0 aromatic rings. The van der Waals surface area contributed by atoms with E-state index in [1.807, 2.05) is 0 Å². The third-order valence-corrected chi connectivity index (χ3v) is 13.8. The molecule has 0 saturated carbocycles. The van der Waals surface area contributed by atoms with Gasteiger partial charge < -0.3 is 64.2 Å². The number of hydrogen-bond donors (Lipinski definition) is 7.